The number of hydrogen-bond donors (Lipinski definition) is 0. The Morgan fingerprint density at radius 2 is 2.00 bits per heavy atom. The number of benzene rings is 1. The fourth-order valence-corrected chi connectivity index (χ4v) is 1.72. The summed E-state index contributed by atoms with van der Waals surface area (Å²) in [5.41, 5.74) is 1.91. The van der Waals surface area contributed by atoms with Crippen LogP contribution in [0.15, 0.2) is 36.4 Å². The summed E-state index contributed by atoms with van der Waals surface area (Å²) in [7, 11) is 1.63. The van der Waals surface area contributed by atoms with Crippen LogP contribution in [0, 0.1) is 5.92 Å². The van der Waals surface area contributed by atoms with Gasteiger partial charge in [-0.25, -0.2) is 0 Å². The maximum Gasteiger partial charge on any atom is 0.125 e. The van der Waals surface area contributed by atoms with Crippen LogP contribution in [0.4, 0.5) is 0 Å². The number of carbonyl (C=O) groups excluding carboxylic acids is 1. The van der Waals surface area contributed by atoms with Crippen molar-refractivity contribution < 1.29 is 14.3 Å². The average Bonchev–Trinajstić information content (AvgIpc) is 2.39. The summed E-state index contributed by atoms with van der Waals surface area (Å²) in [6.45, 7) is 8.03. The molecule has 0 aromatic heterocycles. The zero-order valence-corrected chi connectivity index (χ0v) is 11.2. The quantitative estimate of drug-likeness (QED) is 0.549. The molecule has 0 saturated heterocycles. The van der Waals surface area contributed by atoms with E-state index in [0.29, 0.717) is 6.61 Å². The standard InChI is InChI=1S/C15H20O3/c1-11(2)15(12(3)9-16)18-10-13-5-7-14(17-4)8-6-13/h5-9,12,15H,1,10H2,2-4H3/t12-,15-/m1/s1. The number of methoxy groups -OCH3 is 1. The summed E-state index contributed by atoms with van der Waals surface area (Å²) in [5.74, 6) is 0.636. The Bertz CT molecular complexity index is 395. The van der Waals surface area contributed by atoms with Crippen LogP contribution in [-0.2, 0) is 16.1 Å². The molecule has 3 heteroatoms. The van der Waals surface area contributed by atoms with E-state index in [1.54, 1.807) is 7.11 Å². The number of carbonyl (C=O) groups is 1. The predicted octanol–water partition coefficient (Wildman–Crippen LogP) is 2.99. The van der Waals surface area contributed by atoms with Gasteiger partial charge in [0.15, 0.2) is 0 Å². The van der Waals surface area contributed by atoms with Crippen LogP contribution in [0.2, 0.25) is 0 Å². The zero-order chi connectivity index (χ0) is 13.5. The SMILES string of the molecule is C=C(C)[C@@H](OCc1ccc(OC)cc1)[C@H](C)C=O. The minimum atomic E-state index is -0.232. The van der Waals surface area contributed by atoms with Crippen molar-refractivity contribution in [3.05, 3.63) is 42.0 Å². The summed E-state index contributed by atoms with van der Waals surface area (Å²) in [4.78, 5) is 10.8. The van der Waals surface area contributed by atoms with Gasteiger partial charge in [-0.05, 0) is 24.6 Å². The van der Waals surface area contributed by atoms with Crippen molar-refractivity contribution >= 4 is 6.29 Å². The maximum atomic E-state index is 10.8. The van der Waals surface area contributed by atoms with Crippen molar-refractivity contribution in [3.8, 4) is 5.75 Å². The highest BCUT2D eigenvalue weighted by molar-refractivity contribution is 5.54. The molecular formula is C15H20O3. The third kappa shape index (κ3) is 4.00. The van der Waals surface area contributed by atoms with Crippen molar-refractivity contribution in [1.82, 2.24) is 0 Å². The van der Waals surface area contributed by atoms with Crippen LogP contribution in [0.25, 0.3) is 0 Å². The van der Waals surface area contributed by atoms with Crippen LogP contribution < -0.4 is 4.74 Å². The highest BCUT2D eigenvalue weighted by atomic mass is 16.5. The third-order valence-corrected chi connectivity index (χ3v) is 2.77. The van der Waals surface area contributed by atoms with Crippen LogP contribution in [-0.4, -0.2) is 19.5 Å². The van der Waals surface area contributed by atoms with Crippen molar-refractivity contribution in [2.45, 2.75) is 26.6 Å². The molecule has 2 atom stereocenters. The molecule has 0 bridgehead atoms. The third-order valence-electron chi connectivity index (χ3n) is 2.77. The van der Waals surface area contributed by atoms with E-state index in [9.17, 15) is 4.79 Å². The fraction of sp³-hybridized carbons (Fsp3) is 0.400. The first-order valence-corrected chi connectivity index (χ1v) is 5.93. The molecule has 0 spiro atoms. The lowest BCUT2D eigenvalue weighted by molar-refractivity contribution is -0.114. The summed E-state index contributed by atoms with van der Waals surface area (Å²) in [5, 5.41) is 0. The lowest BCUT2D eigenvalue weighted by Gasteiger charge is -2.21. The predicted molar refractivity (Wildman–Crippen MR) is 71.6 cm³/mol. The molecule has 0 N–H and O–H groups in total. The largest absolute Gasteiger partial charge is 0.497 e. The fourth-order valence-electron chi connectivity index (χ4n) is 1.72. The molecule has 0 fully saturated rings. The second kappa shape index (κ2) is 6.97. The molecule has 98 valence electrons. The highest BCUT2D eigenvalue weighted by Crippen LogP contribution is 2.17. The molecule has 0 aliphatic rings. The van der Waals surface area contributed by atoms with Gasteiger partial charge in [-0.1, -0.05) is 31.2 Å². The Hall–Kier alpha value is -1.61. The summed E-state index contributed by atoms with van der Waals surface area (Å²) >= 11 is 0. The van der Waals surface area contributed by atoms with Gasteiger partial charge in [-0.2, -0.15) is 0 Å². The van der Waals surface area contributed by atoms with E-state index < -0.39 is 0 Å². The molecule has 0 unspecified atom stereocenters. The van der Waals surface area contributed by atoms with Gasteiger partial charge in [-0.3, -0.25) is 0 Å². The van der Waals surface area contributed by atoms with Gasteiger partial charge in [0.05, 0.1) is 19.8 Å². The van der Waals surface area contributed by atoms with Gasteiger partial charge in [0.2, 0.25) is 0 Å². The van der Waals surface area contributed by atoms with Gasteiger partial charge >= 0.3 is 0 Å². The smallest absolute Gasteiger partial charge is 0.125 e. The Balaban J connectivity index is 2.61. The van der Waals surface area contributed by atoms with Gasteiger partial charge in [-0.15, -0.1) is 0 Å². The summed E-state index contributed by atoms with van der Waals surface area (Å²) in [6, 6.07) is 7.66. The van der Waals surface area contributed by atoms with Gasteiger partial charge in [0, 0.05) is 5.92 Å². The molecule has 1 aromatic rings. The normalized spacial score (nSPS) is 13.7. The molecule has 0 saturated carbocycles. The van der Waals surface area contributed by atoms with E-state index in [2.05, 4.69) is 6.58 Å². The number of aldehydes is 1. The zero-order valence-electron chi connectivity index (χ0n) is 11.2. The lowest BCUT2D eigenvalue weighted by Crippen LogP contribution is -2.23. The van der Waals surface area contributed by atoms with E-state index in [-0.39, 0.29) is 12.0 Å². The summed E-state index contributed by atoms with van der Waals surface area (Å²) in [6.07, 6.45) is 0.664. The van der Waals surface area contributed by atoms with Crippen molar-refractivity contribution in [2.75, 3.05) is 7.11 Å². The number of ether oxygens (including phenoxy) is 2. The Kier molecular flexibility index (Phi) is 5.59. The van der Waals surface area contributed by atoms with Crippen molar-refractivity contribution in [2.24, 2.45) is 5.92 Å². The van der Waals surface area contributed by atoms with Crippen LogP contribution in [0.5, 0.6) is 5.75 Å². The van der Waals surface area contributed by atoms with Crippen LogP contribution in [0.3, 0.4) is 0 Å². The van der Waals surface area contributed by atoms with E-state index >= 15 is 0 Å². The Labute approximate surface area is 108 Å². The molecule has 0 amide bonds. The molecule has 0 aliphatic carbocycles. The second-order valence-electron chi connectivity index (χ2n) is 4.42. The number of hydrogen-bond acceptors (Lipinski definition) is 3. The first-order chi connectivity index (χ1) is 8.58. The Morgan fingerprint density at radius 1 is 1.39 bits per heavy atom. The maximum absolute atomic E-state index is 10.8. The van der Waals surface area contributed by atoms with Crippen molar-refractivity contribution in [1.29, 1.82) is 0 Å². The lowest BCUT2D eigenvalue weighted by atomic mass is 10.0. The van der Waals surface area contributed by atoms with Gasteiger partial charge in [0.25, 0.3) is 0 Å². The van der Waals surface area contributed by atoms with Crippen LogP contribution >= 0.6 is 0 Å². The van der Waals surface area contributed by atoms with Gasteiger partial charge < -0.3 is 14.3 Å². The monoisotopic (exact) mass is 248 g/mol. The van der Waals surface area contributed by atoms with E-state index in [0.717, 1.165) is 23.2 Å². The van der Waals surface area contributed by atoms with E-state index in [4.69, 9.17) is 9.47 Å². The second-order valence-corrected chi connectivity index (χ2v) is 4.42. The minimum Gasteiger partial charge on any atom is -0.497 e. The first-order valence-electron chi connectivity index (χ1n) is 5.93. The molecule has 1 rings (SSSR count). The van der Waals surface area contributed by atoms with E-state index in [1.165, 1.54) is 0 Å². The molecule has 0 radical (unpaired) electrons. The topological polar surface area (TPSA) is 35.5 Å². The molecule has 1 aromatic carbocycles. The Morgan fingerprint density at radius 3 is 2.44 bits per heavy atom. The molecule has 18 heavy (non-hydrogen) atoms. The summed E-state index contributed by atoms with van der Waals surface area (Å²) < 4.78 is 10.8. The van der Waals surface area contributed by atoms with Crippen molar-refractivity contribution in [3.63, 3.8) is 0 Å². The average molecular weight is 248 g/mol. The molecule has 0 aliphatic heterocycles. The molecular weight excluding hydrogens is 228 g/mol. The first kappa shape index (κ1) is 14.5. The number of rotatable bonds is 7. The minimum absolute atomic E-state index is 0.180. The van der Waals surface area contributed by atoms with E-state index in [1.807, 2.05) is 38.1 Å². The van der Waals surface area contributed by atoms with Crippen LogP contribution in [0.1, 0.15) is 19.4 Å². The molecule has 0 heterocycles. The molecule has 3 nitrogen and oxygen atoms in total. The van der Waals surface area contributed by atoms with Gasteiger partial charge in [0.1, 0.15) is 12.0 Å². The highest BCUT2D eigenvalue weighted by Gasteiger charge is 2.18.